The first-order chi connectivity index (χ1) is 20.1. The zero-order chi connectivity index (χ0) is 30.1. The van der Waals surface area contributed by atoms with Gasteiger partial charge in [-0.2, -0.15) is 0 Å². The predicted molar refractivity (Wildman–Crippen MR) is 176 cm³/mol. The molecule has 41 heavy (non-hydrogen) atoms. The summed E-state index contributed by atoms with van der Waals surface area (Å²) in [6, 6.07) is 0. The van der Waals surface area contributed by atoms with Gasteiger partial charge in [-0.25, -0.2) is 0 Å². The molecule has 0 aliphatic carbocycles. The van der Waals surface area contributed by atoms with Crippen LogP contribution in [0.1, 0.15) is 155 Å². The Kier molecular flexibility index (Phi) is 30.3. The van der Waals surface area contributed by atoms with E-state index >= 15 is 0 Å². The molecule has 0 aliphatic rings. The van der Waals surface area contributed by atoms with Crippen LogP contribution in [0, 0.1) is 0 Å². The van der Waals surface area contributed by atoms with Gasteiger partial charge in [0.1, 0.15) is 6.10 Å². The smallest absolute Gasteiger partial charge is 0.306 e. The van der Waals surface area contributed by atoms with Gasteiger partial charge in [0.25, 0.3) is 0 Å². The molecule has 0 radical (unpaired) electrons. The van der Waals surface area contributed by atoms with Crippen LogP contribution in [0.3, 0.4) is 0 Å². The average molecular weight is 571 g/mol. The lowest BCUT2D eigenvalue weighted by atomic mass is 10.0. The van der Waals surface area contributed by atoms with Gasteiger partial charge in [-0.1, -0.05) is 132 Å². The molecule has 0 rings (SSSR count). The average Bonchev–Trinajstić information content (AvgIpc) is 2.95. The minimum absolute atomic E-state index is 0.0404. The van der Waals surface area contributed by atoms with E-state index in [-0.39, 0.29) is 12.1 Å². The number of carbonyl (C=O) groups is 2. The van der Waals surface area contributed by atoms with Crippen molar-refractivity contribution in [3.8, 4) is 0 Å². The van der Waals surface area contributed by atoms with Crippen molar-refractivity contribution in [2.24, 2.45) is 0 Å². The molecule has 0 bridgehead atoms. The topological polar surface area (TPSA) is 63.6 Å². The summed E-state index contributed by atoms with van der Waals surface area (Å²) in [5.41, 5.74) is 0. The molecule has 0 heterocycles. The van der Waals surface area contributed by atoms with E-state index in [1.165, 1.54) is 32.1 Å². The second-order valence-electron chi connectivity index (χ2n) is 11.0. The Bertz CT molecular complexity index is 744. The highest BCUT2D eigenvalue weighted by Crippen LogP contribution is 2.17. The number of carboxylic acids is 1. The second-order valence-corrected chi connectivity index (χ2v) is 11.0. The molecule has 1 atom stereocenters. The standard InChI is InChI=1S/C37H62O4/c1-3-5-7-8-9-10-11-12-13-14-15-16-17-21-24-27-30-34-37(40)41-35(31-6-4-2)32-28-25-22-19-18-20-23-26-29-33-36(38)39/h5,7,9-10,12-13,15-16,21,24,35H,3-4,6,8,11,14,17-20,22-23,25-34H2,1-2H3,(H,38,39)/b7-5-,10-9-,13-12-,16-15-,24-21-. The Balaban J connectivity index is 3.84. The van der Waals surface area contributed by atoms with Crippen LogP contribution in [-0.4, -0.2) is 23.1 Å². The van der Waals surface area contributed by atoms with Gasteiger partial charge in [0.15, 0.2) is 0 Å². The first-order valence-electron chi connectivity index (χ1n) is 16.8. The van der Waals surface area contributed by atoms with E-state index in [0.717, 1.165) is 96.3 Å². The molecule has 0 aromatic carbocycles. The lowest BCUT2D eigenvalue weighted by Gasteiger charge is -2.17. The third-order valence-electron chi connectivity index (χ3n) is 7.00. The zero-order valence-electron chi connectivity index (χ0n) is 26.6. The van der Waals surface area contributed by atoms with Crippen LogP contribution in [0.4, 0.5) is 0 Å². The number of esters is 1. The summed E-state index contributed by atoms with van der Waals surface area (Å²) in [6.07, 6.45) is 44.1. The van der Waals surface area contributed by atoms with Crippen molar-refractivity contribution in [2.45, 2.75) is 161 Å². The largest absolute Gasteiger partial charge is 0.481 e. The van der Waals surface area contributed by atoms with Crippen LogP contribution < -0.4 is 0 Å². The fourth-order valence-electron chi connectivity index (χ4n) is 4.56. The summed E-state index contributed by atoms with van der Waals surface area (Å²) in [5, 5.41) is 8.67. The zero-order valence-corrected chi connectivity index (χ0v) is 26.6. The van der Waals surface area contributed by atoms with Gasteiger partial charge in [-0.3, -0.25) is 9.59 Å². The number of ether oxygens (including phenoxy) is 1. The lowest BCUT2D eigenvalue weighted by molar-refractivity contribution is -0.150. The van der Waals surface area contributed by atoms with Crippen molar-refractivity contribution in [2.75, 3.05) is 0 Å². The van der Waals surface area contributed by atoms with E-state index < -0.39 is 5.97 Å². The molecule has 0 aromatic heterocycles. The van der Waals surface area contributed by atoms with Crippen molar-refractivity contribution < 1.29 is 19.4 Å². The van der Waals surface area contributed by atoms with Gasteiger partial charge in [0.05, 0.1) is 0 Å². The summed E-state index contributed by atoms with van der Waals surface area (Å²) >= 11 is 0. The summed E-state index contributed by atoms with van der Waals surface area (Å²) < 4.78 is 5.85. The molecule has 0 saturated carbocycles. The molecule has 0 aliphatic heterocycles. The van der Waals surface area contributed by atoms with Crippen molar-refractivity contribution in [1.29, 1.82) is 0 Å². The number of hydrogen-bond acceptors (Lipinski definition) is 3. The molecule has 0 fully saturated rings. The summed E-state index contributed by atoms with van der Waals surface area (Å²) in [4.78, 5) is 22.9. The van der Waals surface area contributed by atoms with Gasteiger partial charge < -0.3 is 9.84 Å². The highest BCUT2D eigenvalue weighted by molar-refractivity contribution is 5.69. The molecule has 1 N–H and O–H groups in total. The van der Waals surface area contributed by atoms with Gasteiger partial charge in [0.2, 0.25) is 0 Å². The van der Waals surface area contributed by atoms with E-state index in [9.17, 15) is 9.59 Å². The van der Waals surface area contributed by atoms with Gasteiger partial charge >= 0.3 is 11.9 Å². The van der Waals surface area contributed by atoms with E-state index in [1.54, 1.807) is 0 Å². The number of unbranched alkanes of at least 4 members (excludes halogenated alkanes) is 10. The first-order valence-corrected chi connectivity index (χ1v) is 16.8. The normalized spacial score (nSPS) is 13.0. The fraction of sp³-hybridized carbons (Fsp3) is 0.676. The van der Waals surface area contributed by atoms with Gasteiger partial charge in [0, 0.05) is 12.8 Å². The van der Waals surface area contributed by atoms with Gasteiger partial charge in [-0.15, -0.1) is 0 Å². The molecule has 0 spiro atoms. The van der Waals surface area contributed by atoms with E-state index in [4.69, 9.17) is 9.84 Å². The molecular weight excluding hydrogens is 508 g/mol. The van der Waals surface area contributed by atoms with Crippen LogP contribution in [0.5, 0.6) is 0 Å². The maximum Gasteiger partial charge on any atom is 0.306 e. The quantitative estimate of drug-likeness (QED) is 0.0552. The Hall–Kier alpha value is -2.36. The Morgan fingerprint density at radius 3 is 1.54 bits per heavy atom. The molecule has 0 saturated heterocycles. The molecule has 0 amide bonds. The second kappa shape index (κ2) is 32.2. The Labute approximate surface area is 253 Å². The Morgan fingerprint density at radius 1 is 0.561 bits per heavy atom. The lowest BCUT2D eigenvalue weighted by Crippen LogP contribution is -2.18. The van der Waals surface area contributed by atoms with Crippen molar-refractivity contribution >= 4 is 11.9 Å². The van der Waals surface area contributed by atoms with Crippen LogP contribution in [0.2, 0.25) is 0 Å². The first kappa shape index (κ1) is 38.6. The molecule has 1 unspecified atom stereocenters. The number of hydrogen-bond donors (Lipinski definition) is 1. The summed E-state index contributed by atoms with van der Waals surface area (Å²) in [5.74, 6) is -0.726. The van der Waals surface area contributed by atoms with Crippen molar-refractivity contribution in [3.05, 3.63) is 60.8 Å². The molecule has 0 aromatic rings. The highest BCUT2D eigenvalue weighted by atomic mass is 16.5. The number of aliphatic carboxylic acids is 1. The minimum atomic E-state index is -0.686. The third kappa shape index (κ3) is 32.0. The summed E-state index contributed by atoms with van der Waals surface area (Å²) in [6.45, 7) is 4.34. The van der Waals surface area contributed by atoms with Gasteiger partial charge in [-0.05, 0) is 70.6 Å². The molecular formula is C37H62O4. The molecule has 4 nitrogen and oxygen atoms in total. The predicted octanol–water partition coefficient (Wildman–Crippen LogP) is 11.4. The van der Waals surface area contributed by atoms with E-state index in [1.807, 2.05) is 0 Å². The number of carbonyl (C=O) groups excluding carboxylic acids is 1. The van der Waals surface area contributed by atoms with Crippen LogP contribution in [0.15, 0.2) is 60.8 Å². The maximum atomic E-state index is 12.4. The molecule has 4 heteroatoms. The maximum absolute atomic E-state index is 12.4. The Morgan fingerprint density at radius 2 is 1.02 bits per heavy atom. The minimum Gasteiger partial charge on any atom is -0.481 e. The van der Waals surface area contributed by atoms with Crippen molar-refractivity contribution in [1.82, 2.24) is 0 Å². The van der Waals surface area contributed by atoms with Crippen LogP contribution in [0.25, 0.3) is 0 Å². The SMILES string of the molecule is CC/C=C\C/C=C\C/C=C\C/C=C\C/C=C\CCCC(=O)OC(CCCC)CCCCCCCCCCCC(=O)O. The monoisotopic (exact) mass is 570 g/mol. The van der Waals surface area contributed by atoms with E-state index in [0.29, 0.717) is 12.8 Å². The van der Waals surface area contributed by atoms with Crippen LogP contribution in [-0.2, 0) is 14.3 Å². The van der Waals surface area contributed by atoms with Crippen LogP contribution >= 0.6 is 0 Å². The van der Waals surface area contributed by atoms with E-state index in [2.05, 4.69) is 74.6 Å². The highest BCUT2D eigenvalue weighted by Gasteiger charge is 2.13. The summed E-state index contributed by atoms with van der Waals surface area (Å²) in [7, 11) is 0. The molecule has 234 valence electrons. The number of allylic oxidation sites excluding steroid dienone is 10. The number of carboxylic acid groups (broad SMARTS) is 1. The third-order valence-corrected chi connectivity index (χ3v) is 7.00. The van der Waals surface area contributed by atoms with Crippen molar-refractivity contribution in [3.63, 3.8) is 0 Å². The number of rotatable bonds is 29. The fourth-order valence-corrected chi connectivity index (χ4v) is 4.56.